The van der Waals surface area contributed by atoms with Crippen LogP contribution < -0.4 is 4.72 Å². The van der Waals surface area contributed by atoms with Crippen LogP contribution in [0.2, 0.25) is 0 Å². The van der Waals surface area contributed by atoms with E-state index in [0.717, 1.165) is 6.42 Å². The highest BCUT2D eigenvalue weighted by Gasteiger charge is 2.29. The number of rotatable bonds is 6. The van der Waals surface area contributed by atoms with Crippen LogP contribution in [0.25, 0.3) is 0 Å². The lowest BCUT2D eigenvalue weighted by Crippen LogP contribution is -2.42. The van der Waals surface area contributed by atoms with E-state index in [0.29, 0.717) is 38.5 Å². The van der Waals surface area contributed by atoms with E-state index in [9.17, 15) is 8.42 Å². The summed E-state index contributed by atoms with van der Waals surface area (Å²) in [5, 5.41) is -0.303. The lowest BCUT2D eigenvalue weighted by molar-refractivity contribution is 0.0981. The van der Waals surface area contributed by atoms with Gasteiger partial charge in [-0.15, -0.1) is 11.6 Å². The molecule has 1 rings (SSSR count). The Kier molecular flexibility index (Phi) is 5.70. The summed E-state index contributed by atoms with van der Waals surface area (Å²) in [4.78, 5) is 0. The lowest BCUT2D eigenvalue weighted by atomic mass is 9.91. The van der Waals surface area contributed by atoms with Crippen LogP contribution in [-0.4, -0.2) is 39.3 Å². The molecule has 0 bridgehead atoms. The smallest absolute Gasteiger partial charge is 0.214 e. The first-order valence-corrected chi connectivity index (χ1v) is 8.08. The molecule has 0 aromatic carbocycles. The van der Waals surface area contributed by atoms with Gasteiger partial charge in [-0.2, -0.15) is 0 Å². The normalized spacial score (nSPS) is 19.5. The fourth-order valence-corrected chi connectivity index (χ4v) is 3.90. The molecule has 4 nitrogen and oxygen atoms in total. The number of alkyl halides is 1. The Hall–Kier alpha value is 0.160. The second-order valence-corrected chi connectivity index (χ2v) is 7.70. The first kappa shape index (κ1) is 15.2. The van der Waals surface area contributed by atoms with E-state index in [1.54, 1.807) is 0 Å². The largest absolute Gasteiger partial charge is 0.381 e. The van der Waals surface area contributed by atoms with Crippen LogP contribution in [0.1, 0.15) is 33.1 Å². The van der Waals surface area contributed by atoms with Crippen LogP contribution in [0, 0.1) is 5.41 Å². The Morgan fingerprint density at radius 1 is 1.35 bits per heavy atom. The summed E-state index contributed by atoms with van der Waals surface area (Å²) in [5.74, 6) is 0.548. The molecular formula is C11H22ClNO3S. The summed E-state index contributed by atoms with van der Waals surface area (Å²) in [6.45, 7) is 5.55. The van der Waals surface area contributed by atoms with Crippen molar-refractivity contribution in [1.82, 2.24) is 4.72 Å². The van der Waals surface area contributed by atoms with Crippen molar-refractivity contribution in [2.75, 3.05) is 25.6 Å². The van der Waals surface area contributed by atoms with Crippen molar-refractivity contribution in [1.29, 1.82) is 0 Å². The van der Waals surface area contributed by atoms with E-state index in [1.807, 2.05) is 13.8 Å². The molecule has 0 unspecified atom stereocenters. The number of halogens is 1. The Morgan fingerprint density at radius 2 is 1.94 bits per heavy atom. The third-order valence-electron chi connectivity index (χ3n) is 3.13. The fourth-order valence-electron chi connectivity index (χ4n) is 1.74. The monoisotopic (exact) mass is 283 g/mol. The highest BCUT2D eigenvalue weighted by atomic mass is 35.5. The molecule has 0 saturated carbocycles. The van der Waals surface area contributed by atoms with Crippen molar-refractivity contribution in [3.63, 3.8) is 0 Å². The molecule has 0 amide bonds. The maximum absolute atomic E-state index is 12.0. The zero-order valence-corrected chi connectivity index (χ0v) is 12.1. The summed E-state index contributed by atoms with van der Waals surface area (Å²) < 4.78 is 32.0. The Morgan fingerprint density at radius 3 is 2.47 bits per heavy atom. The zero-order chi connectivity index (χ0) is 12.9. The van der Waals surface area contributed by atoms with Crippen molar-refractivity contribution in [2.45, 2.75) is 38.4 Å². The standard InChI is InChI=1S/C11H22ClNO3S/c1-11(2,5-6-12)9-13-17(14,15)10-3-7-16-8-4-10/h10,13H,3-9H2,1-2H3. The van der Waals surface area contributed by atoms with E-state index in [2.05, 4.69) is 4.72 Å². The molecule has 0 aromatic rings. The molecule has 102 valence electrons. The second kappa shape index (κ2) is 6.36. The van der Waals surface area contributed by atoms with Gasteiger partial charge < -0.3 is 4.74 Å². The van der Waals surface area contributed by atoms with Gasteiger partial charge in [0, 0.05) is 25.6 Å². The van der Waals surface area contributed by atoms with Crippen molar-refractivity contribution in [2.24, 2.45) is 5.41 Å². The minimum absolute atomic E-state index is 0.0972. The maximum Gasteiger partial charge on any atom is 0.214 e. The van der Waals surface area contributed by atoms with E-state index < -0.39 is 10.0 Å². The summed E-state index contributed by atoms with van der Waals surface area (Å²) >= 11 is 5.69. The highest BCUT2D eigenvalue weighted by molar-refractivity contribution is 7.90. The minimum atomic E-state index is -3.21. The predicted molar refractivity (Wildman–Crippen MR) is 69.9 cm³/mol. The second-order valence-electron chi connectivity index (χ2n) is 5.28. The Balaban J connectivity index is 2.49. The molecule has 1 fully saturated rings. The molecular weight excluding hydrogens is 262 g/mol. The number of ether oxygens (including phenoxy) is 1. The average molecular weight is 284 g/mol. The Labute approximate surface area is 109 Å². The van der Waals surface area contributed by atoms with E-state index in [-0.39, 0.29) is 10.7 Å². The molecule has 1 saturated heterocycles. The molecule has 0 radical (unpaired) electrons. The van der Waals surface area contributed by atoms with Gasteiger partial charge in [0.25, 0.3) is 0 Å². The number of nitrogens with one attached hydrogen (secondary N) is 1. The molecule has 1 aliphatic rings. The quantitative estimate of drug-likeness (QED) is 0.756. The molecule has 1 N–H and O–H groups in total. The molecule has 0 aliphatic carbocycles. The Bertz CT molecular complexity index is 324. The van der Waals surface area contributed by atoms with Gasteiger partial charge in [-0.1, -0.05) is 13.8 Å². The molecule has 17 heavy (non-hydrogen) atoms. The van der Waals surface area contributed by atoms with Crippen LogP contribution in [0.4, 0.5) is 0 Å². The van der Waals surface area contributed by atoms with Crippen molar-refractivity contribution in [3.05, 3.63) is 0 Å². The number of sulfonamides is 1. The van der Waals surface area contributed by atoms with Crippen LogP contribution in [0.15, 0.2) is 0 Å². The van der Waals surface area contributed by atoms with Crippen LogP contribution in [0.3, 0.4) is 0 Å². The van der Waals surface area contributed by atoms with Gasteiger partial charge in [0.2, 0.25) is 10.0 Å². The number of hydrogen-bond donors (Lipinski definition) is 1. The lowest BCUT2D eigenvalue weighted by Gasteiger charge is -2.27. The van der Waals surface area contributed by atoms with Crippen LogP contribution >= 0.6 is 11.6 Å². The van der Waals surface area contributed by atoms with Crippen LogP contribution in [-0.2, 0) is 14.8 Å². The predicted octanol–water partition coefficient (Wildman–Crippen LogP) is 1.74. The van der Waals surface area contributed by atoms with Gasteiger partial charge in [-0.05, 0) is 24.7 Å². The average Bonchev–Trinajstić information content (AvgIpc) is 2.28. The maximum atomic E-state index is 12.0. The van der Waals surface area contributed by atoms with Gasteiger partial charge >= 0.3 is 0 Å². The van der Waals surface area contributed by atoms with Crippen LogP contribution in [0.5, 0.6) is 0 Å². The molecule has 1 aliphatic heterocycles. The summed E-state index contributed by atoms with van der Waals surface area (Å²) in [6, 6.07) is 0. The summed E-state index contributed by atoms with van der Waals surface area (Å²) in [7, 11) is -3.21. The fraction of sp³-hybridized carbons (Fsp3) is 1.00. The summed E-state index contributed by atoms with van der Waals surface area (Å²) in [6.07, 6.45) is 1.97. The highest BCUT2D eigenvalue weighted by Crippen LogP contribution is 2.21. The van der Waals surface area contributed by atoms with E-state index >= 15 is 0 Å². The van der Waals surface area contributed by atoms with Gasteiger partial charge in [-0.25, -0.2) is 13.1 Å². The molecule has 0 atom stereocenters. The number of hydrogen-bond acceptors (Lipinski definition) is 3. The van der Waals surface area contributed by atoms with Crippen molar-refractivity contribution >= 4 is 21.6 Å². The van der Waals surface area contributed by atoms with Gasteiger partial charge in [0.05, 0.1) is 5.25 Å². The minimum Gasteiger partial charge on any atom is -0.381 e. The van der Waals surface area contributed by atoms with Crippen molar-refractivity contribution in [3.8, 4) is 0 Å². The topological polar surface area (TPSA) is 55.4 Å². The third-order valence-corrected chi connectivity index (χ3v) is 5.22. The molecule has 1 heterocycles. The third kappa shape index (κ3) is 5.12. The first-order valence-electron chi connectivity index (χ1n) is 5.99. The molecule has 0 spiro atoms. The summed E-state index contributed by atoms with van der Waals surface area (Å²) in [5.41, 5.74) is -0.0972. The van der Waals surface area contributed by atoms with Gasteiger partial charge in [0.15, 0.2) is 0 Å². The van der Waals surface area contributed by atoms with E-state index in [1.165, 1.54) is 0 Å². The first-order chi connectivity index (χ1) is 7.87. The van der Waals surface area contributed by atoms with E-state index in [4.69, 9.17) is 16.3 Å². The van der Waals surface area contributed by atoms with Crippen molar-refractivity contribution < 1.29 is 13.2 Å². The molecule has 0 aromatic heterocycles. The molecule has 6 heteroatoms. The SMILES string of the molecule is CC(C)(CCCl)CNS(=O)(=O)C1CCOCC1. The zero-order valence-electron chi connectivity index (χ0n) is 10.5. The van der Waals surface area contributed by atoms with Gasteiger partial charge in [-0.3, -0.25) is 0 Å². The van der Waals surface area contributed by atoms with Gasteiger partial charge in [0.1, 0.15) is 0 Å².